The second-order valence-corrected chi connectivity index (χ2v) is 4.58. The number of benzene rings is 1. The molecule has 0 aliphatic carbocycles. The number of carbonyl (C=O) groups excluding carboxylic acids is 1. The molecular formula is C13H19ClN2O2. The second-order valence-electron chi connectivity index (χ2n) is 4.17. The molecule has 1 amide bonds. The summed E-state index contributed by atoms with van der Waals surface area (Å²) in [4.78, 5) is 13.6. The van der Waals surface area contributed by atoms with Crippen LogP contribution in [0.5, 0.6) is 0 Å². The number of nitrogens with zero attached hydrogens (tertiary/aromatic N) is 1. The summed E-state index contributed by atoms with van der Waals surface area (Å²) in [5.74, 6) is -0.0302. The van der Waals surface area contributed by atoms with E-state index < -0.39 is 0 Å². The second kappa shape index (κ2) is 7.24. The van der Waals surface area contributed by atoms with E-state index in [2.05, 4.69) is 5.32 Å². The summed E-state index contributed by atoms with van der Waals surface area (Å²) in [7, 11) is 5.41. The lowest BCUT2D eigenvalue weighted by Gasteiger charge is -2.19. The number of rotatable bonds is 6. The van der Waals surface area contributed by atoms with E-state index in [1.165, 1.54) is 0 Å². The molecule has 5 heteroatoms. The maximum Gasteiger partial charge on any atom is 0.224 e. The Morgan fingerprint density at radius 2 is 2.17 bits per heavy atom. The van der Waals surface area contributed by atoms with Crippen molar-refractivity contribution in [2.24, 2.45) is 0 Å². The van der Waals surface area contributed by atoms with Crippen LogP contribution in [0.15, 0.2) is 18.2 Å². The number of para-hydroxylation sites is 1. The van der Waals surface area contributed by atoms with E-state index in [1.807, 2.05) is 31.1 Å². The topological polar surface area (TPSA) is 41.6 Å². The van der Waals surface area contributed by atoms with Gasteiger partial charge in [0.1, 0.15) is 0 Å². The molecule has 1 aromatic carbocycles. The van der Waals surface area contributed by atoms with Crippen LogP contribution in [0.4, 0.5) is 11.4 Å². The van der Waals surface area contributed by atoms with Gasteiger partial charge in [0.15, 0.2) is 0 Å². The minimum absolute atomic E-state index is 0.0302. The Bertz CT molecular complexity index is 408. The monoisotopic (exact) mass is 270 g/mol. The van der Waals surface area contributed by atoms with Crippen LogP contribution in [0.1, 0.15) is 12.8 Å². The number of hydrogen-bond acceptors (Lipinski definition) is 3. The minimum Gasteiger partial charge on any atom is -0.385 e. The van der Waals surface area contributed by atoms with Crippen LogP contribution in [0, 0.1) is 0 Å². The lowest BCUT2D eigenvalue weighted by molar-refractivity contribution is -0.116. The first-order valence-electron chi connectivity index (χ1n) is 5.81. The van der Waals surface area contributed by atoms with Gasteiger partial charge in [-0.3, -0.25) is 4.79 Å². The van der Waals surface area contributed by atoms with Crippen LogP contribution >= 0.6 is 11.6 Å². The molecule has 100 valence electrons. The first-order valence-corrected chi connectivity index (χ1v) is 6.18. The molecule has 0 saturated heterocycles. The van der Waals surface area contributed by atoms with E-state index >= 15 is 0 Å². The van der Waals surface area contributed by atoms with Crippen molar-refractivity contribution >= 4 is 28.9 Å². The van der Waals surface area contributed by atoms with Gasteiger partial charge in [-0.15, -0.1) is 0 Å². The third kappa shape index (κ3) is 4.20. The minimum atomic E-state index is -0.0302. The Balaban J connectivity index is 2.72. The summed E-state index contributed by atoms with van der Waals surface area (Å²) in [5.41, 5.74) is 1.55. The van der Waals surface area contributed by atoms with Crippen molar-refractivity contribution in [3.05, 3.63) is 23.2 Å². The Hall–Kier alpha value is -1.26. The fourth-order valence-corrected chi connectivity index (χ4v) is 2.00. The third-order valence-electron chi connectivity index (χ3n) is 2.46. The van der Waals surface area contributed by atoms with Gasteiger partial charge in [-0.1, -0.05) is 17.7 Å². The molecule has 0 heterocycles. The predicted molar refractivity (Wildman–Crippen MR) is 75.5 cm³/mol. The number of methoxy groups -OCH3 is 1. The summed E-state index contributed by atoms with van der Waals surface area (Å²) < 4.78 is 4.91. The van der Waals surface area contributed by atoms with E-state index in [-0.39, 0.29) is 5.91 Å². The summed E-state index contributed by atoms with van der Waals surface area (Å²) in [6, 6.07) is 5.47. The first kappa shape index (κ1) is 14.8. The molecule has 0 spiro atoms. The maximum absolute atomic E-state index is 11.7. The number of carbonyl (C=O) groups is 1. The number of amides is 1. The van der Waals surface area contributed by atoms with Gasteiger partial charge in [0.2, 0.25) is 5.91 Å². The number of ether oxygens (including phenoxy) is 1. The van der Waals surface area contributed by atoms with Crippen molar-refractivity contribution < 1.29 is 9.53 Å². The molecule has 0 radical (unpaired) electrons. The molecule has 1 rings (SSSR count). The van der Waals surface area contributed by atoms with Gasteiger partial charge in [-0.05, 0) is 18.6 Å². The highest BCUT2D eigenvalue weighted by Gasteiger charge is 2.11. The molecule has 0 bridgehead atoms. The van der Waals surface area contributed by atoms with Crippen LogP contribution in [0.25, 0.3) is 0 Å². The molecule has 1 N–H and O–H groups in total. The molecule has 0 fully saturated rings. The highest BCUT2D eigenvalue weighted by molar-refractivity contribution is 6.34. The molecular weight excluding hydrogens is 252 g/mol. The van der Waals surface area contributed by atoms with Crippen molar-refractivity contribution in [3.8, 4) is 0 Å². The van der Waals surface area contributed by atoms with Crippen molar-refractivity contribution in [2.45, 2.75) is 12.8 Å². The fourth-order valence-electron chi connectivity index (χ4n) is 1.66. The van der Waals surface area contributed by atoms with Gasteiger partial charge in [-0.25, -0.2) is 0 Å². The first-order chi connectivity index (χ1) is 8.56. The zero-order valence-corrected chi connectivity index (χ0v) is 11.8. The SMILES string of the molecule is COCCCC(=O)Nc1cccc(Cl)c1N(C)C. The summed E-state index contributed by atoms with van der Waals surface area (Å²) in [6.07, 6.45) is 1.15. The van der Waals surface area contributed by atoms with E-state index in [0.717, 1.165) is 11.4 Å². The van der Waals surface area contributed by atoms with Crippen molar-refractivity contribution in [1.29, 1.82) is 0 Å². The van der Waals surface area contributed by atoms with Crippen LogP contribution in [-0.2, 0) is 9.53 Å². The molecule has 0 saturated carbocycles. The van der Waals surface area contributed by atoms with E-state index in [9.17, 15) is 4.79 Å². The van der Waals surface area contributed by atoms with Gasteiger partial charge in [-0.2, -0.15) is 0 Å². The number of hydrogen-bond donors (Lipinski definition) is 1. The van der Waals surface area contributed by atoms with Crippen LogP contribution in [-0.4, -0.2) is 33.7 Å². The Kier molecular flexibility index (Phi) is 5.95. The zero-order chi connectivity index (χ0) is 13.5. The summed E-state index contributed by atoms with van der Waals surface area (Å²) in [6.45, 7) is 0.587. The fraction of sp³-hybridized carbons (Fsp3) is 0.462. The maximum atomic E-state index is 11.7. The quantitative estimate of drug-likeness (QED) is 0.808. The summed E-state index contributed by atoms with van der Waals surface area (Å²) in [5, 5.41) is 3.49. The highest BCUT2D eigenvalue weighted by atomic mass is 35.5. The Labute approximate surface area is 113 Å². The third-order valence-corrected chi connectivity index (χ3v) is 2.77. The van der Waals surface area contributed by atoms with Gasteiger partial charge >= 0.3 is 0 Å². The summed E-state index contributed by atoms with van der Waals surface area (Å²) >= 11 is 6.12. The molecule has 0 unspecified atom stereocenters. The molecule has 0 atom stereocenters. The molecule has 18 heavy (non-hydrogen) atoms. The predicted octanol–water partition coefficient (Wildman–Crippen LogP) is 2.77. The normalized spacial score (nSPS) is 10.2. The van der Waals surface area contributed by atoms with Crippen molar-refractivity contribution in [3.63, 3.8) is 0 Å². The largest absolute Gasteiger partial charge is 0.385 e. The van der Waals surface area contributed by atoms with Crippen molar-refractivity contribution in [2.75, 3.05) is 38.0 Å². The molecule has 0 aliphatic rings. The average molecular weight is 271 g/mol. The Morgan fingerprint density at radius 1 is 1.44 bits per heavy atom. The van der Waals surface area contributed by atoms with E-state index in [4.69, 9.17) is 16.3 Å². The van der Waals surface area contributed by atoms with Crippen LogP contribution < -0.4 is 10.2 Å². The Morgan fingerprint density at radius 3 is 2.78 bits per heavy atom. The standard InChI is InChI=1S/C13H19ClN2O2/c1-16(2)13-10(14)6-4-7-11(13)15-12(17)8-5-9-18-3/h4,6-7H,5,8-9H2,1-3H3,(H,15,17). The molecule has 0 aromatic heterocycles. The number of anilines is 2. The van der Waals surface area contributed by atoms with Gasteiger partial charge < -0.3 is 15.0 Å². The van der Waals surface area contributed by atoms with E-state index in [1.54, 1.807) is 13.2 Å². The molecule has 1 aromatic rings. The molecule has 4 nitrogen and oxygen atoms in total. The van der Waals surface area contributed by atoms with Gasteiger partial charge in [0.05, 0.1) is 16.4 Å². The lowest BCUT2D eigenvalue weighted by Crippen LogP contribution is -2.17. The van der Waals surface area contributed by atoms with Crippen LogP contribution in [0.3, 0.4) is 0 Å². The smallest absolute Gasteiger partial charge is 0.224 e. The van der Waals surface area contributed by atoms with E-state index in [0.29, 0.717) is 24.5 Å². The zero-order valence-electron chi connectivity index (χ0n) is 11.0. The van der Waals surface area contributed by atoms with Crippen molar-refractivity contribution in [1.82, 2.24) is 0 Å². The number of nitrogens with one attached hydrogen (secondary N) is 1. The average Bonchev–Trinajstić information content (AvgIpc) is 2.28. The highest BCUT2D eigenvalue weighted by Crippen LogP contribution is 2.32. The van der Waals surface area contributed by atoms with Gasteiger partial charge in [0, 0.05) is 34.2 Å². The molecule has 0 aliphatic heterocycles. The lowest BCUT2D eigenvalue weighted by atomic mass is 10.2. The van der Waals surface area contributed by atoms with Gasteiger partial charge in [0.25, 0.3) is 0 Å². The number of halogens is 1. The van der Waals surface area contributed by atoms with Crippen LogP contribution in [0.2, 0.25) is 5.02 Å².